The summed E-state index contributed by atoms with van der Waals surface area (Å²) in [6.07, 6.45) is 1.64. The molecule has 0 saturated carbocycles. The van der Waals surface area contributed by atoms with Crippen LogP contribution >= 0.6 is 0 Å². The topological polar surface area (TPSA) is 63.7 Å². The van der Waals surface area contributed by atoms with E-state index in [2.05, 4.69) is 10.3 Å². The number of amides is 1. The molecule has 1 N–H and O–H groups in total. The number of aromatic nitrogens is 1. The Hall–Kier alpha value is -1.66. The van der Waals surface area contributed by atoms with E-state index < -0.39 is 0 Å². The lowest BCUT2D eigenvalue weighted by atomic mass is 10.2. The van der Waals surface area contributed by atoms with Gasteiger partial charge in [-0.25, -0.2) is 4.98 Å². The molecule has 0 saturated heterocycles. The van der Waals surface area contributed by atoms with E-state index in [-0.39, 0.29) is 11.9 Å². The minimum atomic E-state index is -0.0434. The summed E-state index contributed by atoms with van der Waals surface area (Å²) in [5, 5.41) is 3.11. The predicted octanol–water partition coefficient (Wildman–Crippen LogP) is 1.64. The first kappa shape index (κ1) is 17.4. The van der Waals surface area contributed by atoms with Crippen molar-refractivity contribution in [2.75, 3.05) is 45.8 Å². The predicted molar refractivity (Wildman–Crippen MR) is 82.7 cm³/mol. The first-order valence-corrected chi connectivity index (χ1v) is 7.12. The van der Waals surface area contributed by atoms with Crippen LogP contribution < -0.4 is 5.32 Å². The number of carbonyl (C=O) groups is 1. The number of nitrogens with one attached hydrogen (secondary N) is 1. The monoisotopic (exact) mass is 295 g/mol. The van der Waals surface area contributed by atoms with E-state index in [1.54, 1.807) is 37.4 Å². The van der Waals surface area contributed by atoms with Gasteiger partial charge in [-0.1, -0.05) is 0 Å². The molecule has 0 bridgehead atoms. The lowest BCUT2D eigenvalue weighted by Gasteiger charge is -2.28. The van der Waals surface area contributed by atoms with E-state index in [1.807, 2.05) is 13.8 Å². The van der Waals surface area contributed by atoms with E-state index >= 15 is 0 Å². The standard InChI is InChI=1S/C15H25N3O3/c1-5-16-14-10-13(6-7-17-14)15(19)18(8-9-20-3)12(2)11-21-4/h6-7,10,12H,5,8-9,11H2,1-4H3,(H,16,17). The molecule has 0 fully saturated rings. The van der Waals surface area contributed by atoms with E-state index in [4.69, 9.17) is 9.47 Å². The number of nitrogens with zero attached hydrogens (tertiary/aromatic N) is 2. The fourth-order valence-corrected chi connectivity index (χ4v) is 2.05. The van der Waals surface area contributed by atoms with Crippen LogP contribution in [-0.4, -0.2) is 62.4 Å². The second-order valence-electron chi connectivity index (χ2n) is 4.76. The zero-order valence-corrected chi connectivity index (χ0v) is 13.3. The molecule has 0 aromatic carbocycles. The van der Waals surface area contributed by atoms with Crippen LogP contribution in [-0.2, 0) is 9.47 Å². The number of rotatable bonds is 9. The molecular formula is C15H25N3O3. The summed E-state index contributed by atoms with van der Waals surface area (Å²) < 4.78 is 10.2. The zero-order chi connectivity index (χ0) is 15.7. The first-order chi connectivity index (χ1) is 10.1. The Morgan fingerprint density at radius 1 is 1.43 bits per heavy atom. The molecule has 1 aromatic rings. The SMILES string of the molecule is CCNc1cc(C(=O)N(CCOC)C(C)COC)ccn1. The van der Waals surface area contributed by atoms with Crippen LogP contribution in [0.2, 0.25) is 0 Å². The number of methoxy groups -OCH3 is 2. The fourth-order valence-electron chi connectivity index (χ4n) is 2.05. The Labute approximate surface area is 126 Å². The number of hydrogen-bond donors (Lipinski definition) is 1. The summed E-state index contributed by atoms with van der Waals surface area (Å²) in [7, 11) is 3.25. The maximum Gasteiger partial charge on any atom is 0.254 e. The van der Waals surface area contributed by atoms with E-state index in [9.17, 15) is 4.79 Å². The normalized spacial score (nSPS) is 12.0. The van der Waals surface area contributed by atoms with Crippen molar-refractivity contribution in [2.24, 2.45) is 0 Å². The average Bonchev–Trinajstić information content (AvgIpc) is 2.48. The van der Waals surface area contributed by atoms with Crippen LogP contribution in [0.25, 0.3) is 0 Å². The van der Waals surface area contributed by atoms with Crippen molar-refractivity contribution < 1.29 is 14.3 Å². The van der Waals surface area contributed by atoms with Crippen LogP contribution in [0.5, 0.6) is 0 Å². The summed E-state index contributed by atoms with van der Waals surface area (Å²) >= 11 is 0. The molecule has 6 heteroatoms. The van der Waals surface area contributed by atoms with Crippen molar-refractivity contribution in [3.05, 3.63) is 23.9 Å². The van der Waals surface area contributed by atoms with Crippen molar-refractivity contribution in [3.63, 3.8) is 0 Å². The van der Waals surface area contributed by atoms with Gasteiger partial charge in [0.1, 0.15) is 5.82 Å². The van der Waals surface area contributed by atoms with Gasteiger partial charge in [-0.15, -0.1) is 0 Å². The third-order valence-electron chi connectivity index (χ3n) is 3.10. The van der Waals surface area contributed by atoms with Crippen LogP contribution in [0, 0.1) is 0 Å². The maximum atomic E-state index is 12.7. The molecular weight excluding hydrogens is 270 g/mol. The molecule has 0 spiro atoms. The second-order valence-corrected chi connectivity index (χ2v) is 4.76. The molecule has 1 aromatic heterocycles. The Balaban J connectivity index is 2.89. The van der Waals surface area contributed by atoms with Gasteiger partial charge in [-0.2, -0.15) is 0 Å². The Morgan fingerprint density at radius 3 is 2.81 bits per heavy atom. The highest BCUT2D eigenvalue weighted by Gasteiger charge is 2.21. The highest BCUT2D eigenvalue weighted by atomic mass is 16.5. The number of hydrogen-bond acceptors (Lipinski definition) is 5. The van der Waals surface area contributed by atoms with Crippen molar-refractivity contribution >= 4 is 11.7 Å². The second kappa shape index (κ2) is 9.31. The van der Waals surface area contributed by atoms with Gasteiger partial charge >= 0.3 is 0 Å². The molecule has 1 rings (SSSR count). The largest absolute Gasteiger partial charge is 0.383 e. The van der Waals surface area contributed by atoms with E-state index in [0.717, 1.165) is 6.54 Å². The average molecular weight is 295 g/mol. The number of anilines is 1. The van der Waals surface area contributed by atoms with Gasteiger partial charge in [-0.05, 0) is 26.0 Å². The molecule has 118 valence electrons. The molecule has 0 aliphatic heterocycles. The van der Waals surface area contributed by atoms with E-state index in [0.29, 0.717) is 31.1 Å². The lowest BCUT2D eigenvalue weighted by Crippen LogP contribution is -2.43. The molecule has 0 aliphatic carbocycles. The van der Waals surface area contributed by atoms with Gasteiger partial charge in [0.2, 0.25) is 0 Å². The minimum absolute atomic E-state index is 0.0200. The van der Waals surface area contributed by atoms with Crippen molar-refractivity contribution in [3.8, 4) is 0 Å². The van der Waals surface area contributed by atoms with Crippen molar-refractivity contribution in [1.29, 1.82) is 0 Å². The molecule has 1 unspecified atom stereocenters. The first-order valence-electron chi connectivity index (χ1n) is 7.12. The third-order valence-corrected chi connectivity index (χ3v) is 3.10. The smallest absolute Gasteiger partial charge is 0.254 e. The minimum Gasteiger partial charge on any atom is -0.383 e. The summed E-state index contributed by atoms with van der Waals surface area (Å²) in [6.45, 7) is 6.22. The Kier molecular flexibility index (Phi) is 7.71. The Bertz CT molecular complexity index is 440. The molecule has 0 aliphatic rings. The van der Waals surface area contributed by atoms with Gasteiger partial charge < -0.3 is 19.7 Å². The van der Waals surface area contributed by atoms with Crippen molar-refractivity contribution in [2.45, 2.75) is 19.9 Å². The van der Waals surface area contributed by atoms with Crippen LogP contribution in [0.4, 0.5) is 5.82 Å². The quantitative estimate of drug-likeness (QED) is 0.750. The fraction of sp³-hybridized carbons (Fsp3) is 0.600. The molecule has 1 amide bonds. The van der Waals surface area contributed by atoms with Gasteiger partial charge in [0.25, 0.3) is 5.91 Å². The van der Waals surface area contributed by atoms with Crippen LogP contribution in [0.15, 0.2) is 18.3 Å². The third kappa shape index (κ3) is 5.32. The van der Waals surface area contributed by atoms with Gasteiger partial charge in [0, 0.05) is 39.1 Å². The van der Waals surface area contributed by atoms with Gasteiger partial charge in [0.05, 0.1) is 19.3 Å². The Morgan fingerprint density at radius 2 is 2.19 bits per heavy atom. The van der Waals surface area contributed by atoms with E-state index in [1.165, 1.54) is 0 Å². The maximum absolute atomic E-state index is 12.7. The van der Waals surface area contributed by atoms with Crippen LogP contribution in [0.1, 0.15) is 24.2 Å². The zero-order valence-electron chi connectivity index (χ0n) is 13.3. The highest BCUT2D eigenvalue weighted by molar-refractivity contribution is 5.95. The molecule has 1 atom stereocenters. The van der Waals surface area contributed by atoms with Gasteiger partial charge in [0.15, 0.2) is 0 Å². The molecule has 1 heterocycles. The number of ether oxygens (including phenoxy) is 2. The summed E-state index contributed by atoms with van der Waals surface area (Å²) in [5.41, 5.74) is 0.611. The molecule has 6 nitrogen and oxygen atoms in total. The van der Waals surface area contributed by atoms with Crippen molar-refractivity contribution in [1.82, 2.24) is 9.88 Å². The number of pyridine rings is 1. The molecule has 21 heavy (non-hydrogen) atoms. The lowest BCUT2D eigenvalue weighted by molar-refractivity contribution is 0.0479. The summed E-state index contributed by atoms with van der Waals surface area (Å²) in [5.74, 6) is 0.660. The number of carbonyl (C=O) groups excluding carboxylic acids is 1. The summed E-state index contributed by atoms with van der Waals surface area (Å²) in [6, 6.07) is 3.47. The van der Waals surface area contributed by atoms with Gasteiger partial charge in [-0.3, -0.25) is 4.79 Å². The highest BCUT2D eigenvalue weighted by Crippen LogP contribution is 2.12. The van der Waals surface area contributed by atoms with Crippen LogP contribution in [0.3, 0.4) is 0 Å². The molecule has 0 radical (unpaired) electrons. The summed E-state index contributed by atoms with van der Waals surface area (Å²) in [4.78, 5) is 18.6.